The van der Waals surface area contributed by atoms with Crippen molar-refractivity contribution in [2.75, 3.05) is 0 Å². The number of aryl methyl sites for hydroxylation is 1. The first kappa shape index (κ1) is 15.4. The number of thiophene rings is 1. The second kappa shape index (κ2) is 6.15. The third-order valence-electron chi connectivity index (χ3n) is 4.42. The highest BCUT2D eigenvalue weighted by Crippen LogP contribution is 2.31. The summed E-state index contributed by atoms with van der Waals surface area (Å²) in [5.74, 6) is 0.929. The van der Waals surface area contributed by atoms with Crippen LogP contribution in [-0.4, -0.2) is 25.1 Å². The van der Waals surface area contributed by atoms with E-state index in [0.29, 0.717) is 30.6 Å². The zero-order valence-corrected chi connectivity index (χ0v) is 14.8. The molecule has 5 rings (SSSR count). The molecule has 0 N–H and O–H groups in total. The molecule has 130 valence electrons. The molecule has 0 saturated heterocycles. The first-order valence-electron chi connectivity index (χ1n) is 8.26. The number of hydrogen-bond donors (Lipinski definition) is 0. The van der Waals surface area contributed by atoms with Gasteiger partial charge in [0.25, 0.3) is 5.89 Å². The second-order valence-corrected chi connectivity index (χ2v) is 7.13. The summed E-state index contributed by atoms with van der Waals surface area (Å²) in [7, 11) is 0. The zero-order valence-electron chi connectivity index (χ0n) is 14.0. The molecule has 0 amide bonds. The molecule has 1 atom stereocenters. The van der Waals surface area contributed by atoms with Gasteiger partial charge in [-0.3, -0.25) is 0 Å². The van der Waals surface area contributed by atoms with Gasteiger partial charge < -0.3 is 9.26 Å². The molecule has 26 heavy (non-hydrogen) atoms. The van der Waals surface area contributed by atoms with Gasteiger partial charge in [-0.05, 0) is 23.9 Å². The highest BCUT2D eigenvalue weighted by atomic mass is 32.1. The minimum Gasteiger partial charge on any atom is -0.365 e. The minimum absolute atomic E-state index is 0.0374. The SMILES string of the molecule is Cc1ccc(C2Cn3nnc(-c4noc(-c5cccs5)n4)c3CO2)cc1. The molecule has 3 aromatic heterocycles. The van der Waals surface area contributed by atoms with Crippen LogP contribution in [0.3, 0.4) is 0 Å². The molecular formula is C18H15N5O2S. The summed E-state index contributed by atoms with van der Waals surface area (Å²) in [6.07, 6.45) is -0.0374. The largest absolute Gasteiger partial charge is 0.365 e. The Morgan fingerprint density at radius 1 is 1.19 bits per heavy atom. The molecule has 4 heterocycles. The first-order chi connectivity index (χ1) is 12.8. The first-order valence-corrected chi connectivity index (χ1v) is 9.14. The van der Waals surface area contributed by atoms with Gasteiger partial charge in [-0.1, -0.05) is 46.3 Å². The van der Waals surface area contributed by atoms with Crippen molar-refractivity contribution >= 4 is 11.3 Å². The molecule has 0 bridgehead atoms. The molecular weight excluding hydrogens is 350 g/mol. The zero-order chi connectivity index (χ0) is 17.5. The number of hydrogen-bond acceptors (Lipinski definition) is 7. The average molecular weight is 365 g/mol. The lowest BCUT2D eigenvalue weighted by atomic mass is 10.1. The van der Waals surface area contributed by atoms with Gasteiger partial charge >= 0.3 is 0 Å². The third kappa shape index (κ3) is 2.63. The maximum atomic E-state index is 6.04. The average Bonchev–Trinajstić information content (AvgIpc) is 3.41. The van der Waals surface area contributed by atoms with Crippen molar-refractivity contribution < 1.29 is 9.26 Å². The highest BCUT2D eigenvalue weighted by molar-refractivity contribution is 7.13. The highest BCUT2D eigenvalue weighted by Gasteiger charge is 2.27. The van der Waals surface area contributed by atoms with Crippen LogP contribution in [-0.2, 0) is 17.9 Å². The van der Waals surface area contributed by atoms with Gasteiger partial charge in [-0.15, -0.1) is 16.4 Å². The molecule has 0 aliphatic carbocycles. The Bertz CT molecular complexity index is 1040. The lowest BCUT2D eigenvalue weighted by molar-refractivity contribution is -0.00112. The van der Waals surface area contributed by atoms with E-state index >= 15 is 0 Å². The van der Waals surface area contributed by atoms with Gasteiger partial charge in [0.1, 0.15) is 6.10 Å². The Morgan fingerprint density at radius 3 is 2.88 bits per heavy atom. The van der Waals surface area contributed by atoms with Crippen LogP contribution in [0.25, 0.3) is 22.3 Å². The fraction of sp³-hybridized carbons (Fsp3) is 0.222. The van der Waals surface area contributed by atoms with E-state index in [1.54, 1.807) is 11.3 Å². The molecule has 7 nitrogen and oxygen atoms in total. The summed E-state index contributed by atoms with van der Waals surface area (Å²) < 4.78 is 13.3. The third-order valence-corrected chi connectivity index (χ3v) is 5.27. The minimum atomic E-state index is -0.0374. The van der Waals surface area contributed by atoms with Gasteiger partial charge in [0.05, 0.1) is 23.7 Å². The van der Waals surface area contributed by atoms with E-state index in [1.165, 1.54) is 5.56 Å². The molecule has 0 saturated carbocycles. The fourth-order valence-electron chi connectivity index (χ4n) is 2.99. The van der Waals surface area contributed by atoms with Crippen molar-refractivity contribution in [2.24, 2.45) is 0 Å². The van der Waals surface area contributed by atoms with E-state index in [-0.39, 0.29) is 6.10 Å². The molecule has 4 aromatic rings. The van der Waals surface area contributed by atoms with Crippen LogP contribution >= 0.6 is 11.3 Å². The molecule has 0 radical (unpaired) electrons. The normalized spacial score (nSPS) is 16.6. The molecule has 0 fully saturated rings. The van der Waals surface area contributed by atoms with E-state index in [1.807, 2.05) is 22.2 Å². The predicted molar refractivity (Wildman–Crippen MR) is 95.3 cm³/mol. The van der Waals surface area contributed by atoms with Crippen molar-refractivity contribution in [3.05, 3.63) is 58.6 Å². The van der Waals surface area contributed by atoms with E-state index in [0.717, 1.165) is 16.1 Å². The number of fused-ring (bicyclic) bond motifs is 1. The molecule has 0 spiro atoms. The van der Waals surface area contributed by atoms with E-state index in [9.17, 15) is 0 Å². The summed E-state index contributed by atoms with van der Waals surface area (Å²) >= 11 is 1.55. The van der Waals surface area contributed by atoms with Crippen molar-refractivity contribution in [1.29, 1.82) is 0 Å². The monoisotopic (exact) mass is 365 g/mol. The number of ether oxygens (including phenoxy) is 1. The maximum absolute atomic E-state index is 6.04. The number of nitrogens with zero attached hydrogens (tertiary/aromatic N) is 5. The van der Waals surface area contributed by atoms with Gasteiger partial charge in [0.2, 0.25) is 5.82 Å². The summed E-state index contributed by atoms with van der Waals surface area (Å²) in [6, 6.07) is 12.3. The van der Waals surface area contributed by atoms with Crippen LogP contribution in [0.1, 0.15) is 22.9 Å². The van der Waals surface area contributed by atoms with Crippen LogP contribution < -0.4 is 0 Å². The van der Waals surface area contributed by atoms with E-state index in [4.69, 9.17) is 9.26 Å². The Hall–Kier alpha value is -2.84. The van der Waals surface area contributed by atoms with Gasteiger partial charge in [-0.2, -0.15) is 4.98 Å². The summed E-state index contributed by atoms with van der Waals surface area (Å²) in [4.78, 5) is 5.38. The van der Waals surface area contributed by atoms with Gasteiger partial charge in [0, 0.05) is 0 Å². The molecule has 8 heteroatoms. The van der Waals surface area contributed by atoms with Gasteiger partial charge in [-0.25, -0.2) is 4.68 Å². The van der Waals surface area contributed by atoms with Crippen molar-refractivity contribution in [3.8, 4) is 22.3 Å². The predicted octanol–water partition coefficient (Wildman–Crippen LogP) is 3.64. The Balaban J connectivity index is 1.42. The molecule has 1 aromatic carbocycles. The van der Waals surface area contributed by atoms with E-state index in [2.05, 4.69) is 51.6 Å². The van der Waals surface area contributed by atoms with Crippen LogP contribution in [0.4, 0.5) is 0 Å². The lowest BCUT2D eigenvalue weighted by Crippen LogP contribution is -2.22. The Kier molecular flexibility index (Phi) is 3.65. The summed E-state index contributed by atoms with van der Waals surface area (Å²) in [5, 5.41) is 14.6. The Labute approximate surface area is 153 Å². The van der Waals surface area contributed by atoms with Crippen LogP contribution in [0.5, 0.6) is 0 Å². The van der Waals surface area contributed by atoms with Crippen molar-refractivity contribution in [1.82, 2.24) is 25.1 Å². The summed E-state index contributed by atoms with van der Waals surface area (Å²) in [5.41, 5.74) is 3.84. The van der Waals surface area contributed by atoms with Crippen molar-refractivity contribution in [3.63, 3.8) is 0 Å². The summed E-state index contributed by atoms with van der Waals surface area (Å²) in [6.45, 7) is 3.09. The van der Waals surface area contributed by atoms with Crippen LogP contribution in [0, 0.1) is 6.92 Å². The number of rotatable bonds is 3. The topological polar surface area (TPSA) is 78.9 Å². The van der Waals surface area contributed by atoms with Crippen molar-refractivity contribution in [2.45, 2.75) is 26.2 Å². The van der Waals surface area contributed by atoms with Gasteiger partial charge in [0.15, 0.2) is 5.69 Å². The second-order valence-electron chi connectivity index (χ2n) is 6.18. The molecule has 1 aliphatic rings. The maximum Gasteiger partial charge on any atom is 0.268 e. The smallest absolute Gasteiger partial charge is 0.268 e. The standard InChI is InChI=1S/C18H15N5O2S/c1-11-4-6-12(7-5-11)14-9-23-13(10-24-14)16(20-22-23)17-19-18(25-21-17)15-3-2-8-26-15/h2-8,14H,9-10H2,1H3. The molecule has 1 unspecified atom stereocenters. The quantitative estimate of drug-likeness (QED) is 0.551. The lowest BCUT2D eigenvalue weighted by Gasteiger charge is -2.24. The Morgan fingerprint density at radius 2 is 2.08 bits per heavy atom. The number of benzene rings is 1. The van der Waals surface area contributed by atoms with Crippen LogP contribution in [0.2, 0.25) is 0 Å². The fourth-order valence-corrected chi connectivity index (χ4v) is 3.63. The van der Waals surface area contributed by atoms with E-state index < -0.39 is 0 Å². The molecule has 1 aliphatic heterocycles. The number of aromatic nitrogens is 5. The van der Waals surface area contributed by atoms with Crippen LogP contribution in [0.15, 0.2) is 46.3 Å².